The van der Waals surface area contributed by atoms with Crippen molar-refractivity contribution in [1.29, 1.82) is 0 Å². The van der Waals surface area contributed by atoms with Crippen molar-refractivity contribution in [1.82, 2.24) is 5.32 Å². The number of benzene rings is 1. The highest BCUT2D eigenvalue weighted by Crippen LogP contribution is 2.50. The molecule has 208 valence electrons. The summed E-state index contributed by atoms with van der Waals surface area (Å²) in [7, 11) is 0. The Morgan fingerprint density at radius 1 is 1.11 bits per heavy atom. The summed E-state index contributed by atoms with van der Waals surface area (Å²) in [5.74, 6) is -0.756. The van der Waals surface area contributed by atoms with Crippen LogP contribution in [-0.4, -0.2) is 47.6 Å². The van der Waals surface area contributed by atoms with E-state index in [1.54, 1.807) is 0 Å². The van der Waals surface area contributed by atoms with E-state index in [0.29, 0.717) is 24.0 Å². The zero-order valence-electron chi connectivity index (χ0n) is 22.7. The monoisotopic (exact) mass is 524 g/mol. The van der Waals surface area contributed by atoms with Gasteiger partial charge in [0.2, 0.25) is 5.91 Å². The van der Waals surface area contributed by atoms with Crippen molar-refractivity contribution < 1.29 is 24.6 Å². The lowest BCUT2D eigenvalue weighted by molar-refractivity contribution is -0.137. The van der Waals surface area contributed by atoms with Crippen molar-refractivity contribution in [2.45, 2.75) is 90.0 Å². The molecule has 1 fully saturated rings. The summed E-state index contributed by atoms with van der Waals surface area (Å²) < 4.78 is 0. The van der Waals surface area contributed by atoms with Crippen LogP contribution in [0, 0.1) is 11.3 Å². The van der Waals surface area contributed by atoms with Gasteiger partial charge in [-0.2, -0.15) is 0 Å². The number of unbranched alkanes of at least 4 members (excludes halogenated alkanes) is 1. The molecule has 7 heteroatoms. The summed E-state index contributed by atoms with van der Waals surface area (Å²) >= 11 is 0. The van der Waals surface area contributed by atoms with Gasteiger partial charge in [-0.3, -0.25) is 9.59 Å². The molecule has 1 aromatic carbocycles. The summed E-state index contributed by atoms with van der Waals surface area (Å²) in [6, 6.07) is 9.14. The molecule has 3 rings (SSSR count). The van der Waals surface area contributed by atoms with Gasteiger partial charge < -0.3 is 26.1 Å². The van der Waals surface area contributed by atoms with E-state index in [4.69, 9.17) is 5.73 Å². The molecule has 1 amide bonds. The fourth-order valence-electron chi connectivity index (χ4n) is 6.71. The molecule has 0 saturated heterocycles. The van der Waals surface area contributed by atoms with E-state index < -0.39 is 17.3 Å². The number of aliphatic hydroxyl groups excluding tert-OH is 1. The fourth-order valence-corrected chi connectivity index (χ4v) is 6.71. The Kier molecular flexibility index (Phi) is 11.3. The van der Waals surface area contributed by atoms with Gasteiger partial charge in [0.15, 0.2) is 0 Å². The predicted octanol–water partition coefficient (Wildman–Crippen LogP) is 4.79. The average molecular weight is 525 g/mol. The summed E-state index contributed by atoms with van der Waals surface area (Å²) in [4.78, 5) is 36.2. The second kappa shape index (κ2) is 14.4. The Balaban J connectivity index is 1.98. The molecule has 1 aromatic rings. The molecular weight excluding hydrogens is 480 g/mol. The zero-order chi connectivity index (χ0) is 27.5. The molecule has 0 spiro atoms. The smallest absolute Gasteiger partial charge is 0.303 e. The lowest BCUT2D eigenvalue weighted by Crippen LogP contribution is -2.53. The molecular formula is C31H44N2O5. The SMILES string of the molecule is CC1=C(c2ccccc2)C(C(N)=O)=C(CC=O)C(CO)(CCCC(=O)O)C1NCCCCC1CCCCC1. The number of aldehydes is 1. The van der Waals surface area contributed by atoms with Gasteiger partial charge in [-0.1, -0.05) is 75.3 Å². The average Bonchev–Trinajstić information content (AvgIpc) is 2.91. The van der Waals surface area contributed by atoms with Crippen LogP contribution >= 0.6 is 0 Å². The molecule has 0 radical (unpaired) electrons. The Bertz CT molecular complexity index is 1030. The van der Waals surface area contributed by atoms with E-state index in [-0.39, 0.29) is 31.1 Å². The minimum atomic E-state index is -1.01. The second-order valence-corrected chi connectivity index (χ2v) is 11.0. The van der Waals surface area contributed by atoms with Gasteiger partial charge in [-0.05, 0) is 60.9 Å². The topological polar surface area (TPSA) is 130 Å². The number of carboxylic acid groups (broad SMARTS) is 1. The molecule has 1 saturated carbocycles. The molecule has 7 nitrogen and oxygen atoms in total. The van der Waals surface area contributed by atoms with Crippen molar-refractivity contribution in [2.75, 3.05) is 13.2 Å². The Labute approximate surface area is 226 Å². The van der Waals surface area contributed by atoms with Gasteiger partial charge in [-0.15, -0.1) is 0 Å². The second-order valence-electron chi connectivity index (χ2n) is 11.0. The quantitative estimate of drug-likeness (QED) is 0.193. The van der Waals surface area contributed by atoms with Gasteiger partial charge in [0.05, 0.1) is 6.61 Å². The maximum atomic E-state index is 12.9. The van der Waals surface area contributed by atoms with Crippen molar-refractivity contribution in [2.24, 2.45) is 17.1 Å². The Morgan fingerprint density at radius 3 is 2.42 bits per heavy atom. The maximum absolute atomic E-state index is 12.9. The molecule has 0 aromatic heterocycles. The molecule has 0 heterocycles. The first kappa shape index (κ1) is 29.8. The van der Waals surface area contributed by atoms with Gasteiger partial charge in [-0.25, -0.2) is 0 Å². The number of hydrogen-bond donors (Lipinski definition) is 4. The number of rotatable bonds is 15. The van der Waals surface area contributed by atoms with E-state index in [2.05, 4.69) is 5.32 Å². The molecule has 0 bridgehead atoms. The lowest BCUT2D eigenvalue weighted by Gasteiger charge is -2.47. The summed E-state index contributed by atoms with van der Waals surface area (Å²) in [5, 5.41) is 23.9. The number of aliphatic hydroxyl groups is 1. The van der Waals surface area contributed by atoms with Crippen molar-refractivity contribution in [3.8, 4) is 0 Å². The first-order valence-corrected chi connectivity index (χ1v) is 14.1. The predicted molar refractivity (Wildman–Crippen MR) is 149 cm³/mol. The lowest BCUT2D eigenvalue weighted by atomic mass is 9.61. The standard InChI is InChI=1S/C31H44N2O5/c1-22-27(24-14-6-3-7-15-24)28(30(32)38)25(17-20-34)31(21-35,18-10-16-26(36)37)29(22)33-19-9-8-13-23-11-4-2-5-12-23/h3,6-7,14-15,20,23,29,33,35H,2,4-5,8-13,16-19,21H2,1H3,(H2,32,38)(H,36,37). The molecule has 2 atom stereocenters. The van der Waals surface area contributed by atoms with Gasteiger partial charge in [0.1, 0.15) is 6.29 Å². The number of nitrogens with one attached hydrogen (secondary N) is 1. The zero-order valence-corrected chi connectivity index (χ0v) is 22.7. The molecule has 38 heavy (non-hydrogen) atoms. The van der Waals surface area contributed by atoms with E-state index in [1.165, 1.54) is 38.5 Å². The number of carbonyl (C=O) groups excluding carboxylic acids is 2. The van der Waals surface area contributed by atoms with Crippen LogP contribution in [0.5, 0.6) is 0 Å². The number of hydrogen-bond acceptors (Lipinski definition) is 5. The van der Waals surface area contributed by atoms with E-state index >= 15 is 0 Å². The van der Waals surface area contributed by atoms with Crippen LogP contribution in [-0.2, 0) is 14.4 Å². The minimum Gasteiger partial charge on any atom is -0.481 e. The summed E-state index contributed by atoms with van der Waals surface area (Å²) in [6.07, 6.45) is 11.2. The number of aliphatic carboxylic acids is 1. The minimum absolute atomic E-state index is 0.0601. The maximum Gasteiger partial charge on any atom is 0.303 e. The third-order valence-corrected chi connectivity index (χ3v) is 8.54. The van der Waals surface area contributed by atoms with Crippen LogP contribution in [0.1, 0.15) is 89.5 Å². The third-order valence-electron chi connectivity index (χ3n) is 8.54. The van der Waals surface area contributed by atoms with E-state index in [1.807, 2.05) is 37.3 Å². The van der Waals surface area contributed by atoms with Gasteiger partial charge >= 0.3 is 5.97 Å². The van der Waals surface area contributed by atoms with Gasteiger partial charge in [0.25, 0.3) is 0 Å². The molecule has 0 aliphatic heterocycles. The van der Waals surface area contributed by atoms with Crippen LogP contribution in [0.3, 0.4) is 0 Å². The molecule has 2 aliphatic carbocycles. The Morgan fingerprint density at radius 2 is 1.82 bits per heavy atom. The number of carbonyl (C=O) groups is 3. The summed E-state index contributed by atoms with van der Waals surface area (Å²) in [6.45, 7) is 2.34. The first-order chi connectivity index (χ1) is 18.4. The number of primary amides is 1. The third kappa shape index (κ3) is 7.00. The molecule has 2 aliphatic rings. The van der Waals surface area contributed by atoms with Crippen LogP contribution in [0.2, 0.25) is 0 Å². The van der Waals surface area contributed by atoms with Gasteiger partial charge in [0, 0.05) is 29.9 Å². The normalized spacial score (nSPS) is 22.5. The van der Waals surface area contributed by atoms with Crippen molar-refractivity contribution >= 4 is 23.7 Å². The van der Waals surface area contributed by atoms with Crippen LogP contribution in [0.4, 0.5) is 0 Å². The van der Waals surface area contributed by atoms with Crippen LogP contribution in [0.15, 0.2) is 47.1 Å². The van der Waals surface area contributed by atoms with Crippen molar-refractivity contribution in [3.63, 3.8) is 0 Å². The highest BCUT2D eigenvalue weighted by atomic mass is 16.4. The molecule has 5 N–H and O–H groups in total. The van der Waals surface area contributed by atoms with E-state index in [9.17, 15) is 24.6 Å². The highest BCUT2D eigenvalue weighted by Gasteiger charge is 2.48. The Hall–Kier alpha value is -2.77. The fraction of sp³-hybridized carbons (Fsp3) is 0.581. The number of carboxylic acids is 1. The molecule has 2 unspecified atom stereocenters. The number of nitrogens with two attached hydrogens (primary N) is 1. The van der Waals surface area contributed by atoms with Crippen LogP contribution in [0.25, 0.3) is 5.57 Å². The summed E-state index contributed by atoms with van der Waals surface area (Å²) in [5.41, 5.74) is 8.08. The largest absolute Gasteiger partial charge is 0.481 e. The van der Waals surface area contributed by atoms with Crippen molar-refractivity contribution in [3.05, 3.63) is 52.6 Å². The highest BCUT2D eigenvalue weighted by molar-refractivity contribution is 6.11. The van der Waals surface area contributed by atoms with E-state index in [0.717, 1.165) is 42.7 Å². The van der Waals surface area contributed by atoms with Crippen LogP contribution < -0.4 is 11.1 Å². The first-order valence-electron chi connectivity index (χ1n) is 14.1. The number of amides is 1.